The third kappa shape index (κ3) is 5.54. The van der Waals surface area contributed by atoms with E-state index < -0.39 is 10.0 Å². The predicted octanol–water partition coefficient (Wildman–Crippen LogP) is 2.74. The van der Waals surface area contributed by atoms with Crippen molar-refractivity contribution in [3.05, 3.63) is 52.9 Å². The van der Waals surface area contributed by atoms with E-state index in [1.54, 1.807) is 6.07 Å². The second-order valence-electron chi connectivity index (χ2n) is 6.76. The normalized spacial score (nSPS) is 17.2. The first-order valence-electron chi connectivity index (χ1n) is 9.13. The number of likely N-dealkylation sites (tertiary alicyclic amines) is 1. The number of aryl methyl sites for hydroxylation is 1. The number of sulfonamides is 1. The SMILES string of the molecule is NS(=O)(=O)c1ccc(CCNC(=O)N2CCC[C@@H]2CCc2ccccc2)s1. The molecule has 0 saturated carbocycles. The van der Waals surface area contributed by atoms with Crippen molar-refractivity contribution in [2.24, 2.45) is 5.14 Å². The Bertz CT molecular complexity index is 865. The molecule has 146 valence electrons. The van der Waals surface area contributed by atoms with Crippen LogP contribution in [0.15, 0.2) is 46.7 Å². The number of amides is 2. The first-order chi connectivity index (χ1) is 12.9. The quantitative estimate of drug-likeness (QED) is 0.739. The van der Waals surface area contributed by atoms with Crippen LogP contribution in [0.3, 0.4) is 0 Å². The molecule has 2 aromatic rings. The summed E-state index contributed by atoms with van der Waals surface area (Å²) in [5.74, 6) is 0. The summed E-state index contributed by atoms with van der Waals surface area (Å²) < 4.78 is 22.8. The summed E-state index contributed by atoms with van der Waals surface area (Å²) >= 11 is 1.15. The number of carbonyl (C=O) groups excluding carboxylic acids is 1. The molecule has 2 heterocycles. The number of nitrogens with one attached hydrogen (secondary N) is 1. The Morgan fingerprint density at radius 2 is 1.96 bits per heavy atom. The minimum absolute atomic E-state index is 0.0335. The summed E-state index contributed by atoms with van der Waals surface area (Å²) in [7, 11) is -3.65. The molecule has 1 aromatic heterocycles. The van der Waals surface area contributed by atoms with E-state index in [0.29, 0.717) is 13.0 Å². The number of nitrogens with zero attached hydrogens (tertiary/aromatic N) is 1. The van der Waals surface area contributed by atoms with E-state index >= 15 is 0 Å². The van der Waals surface area contributed by atoms with Crippen molar-refractivity contribution in [3.8, 4) is 0 Å². The number of hydrogen-bond donors (Lipinski definition) is 2. The highest BCUT2D eigenvalue weighted by Crippen LogP contribution is 2.23. The third-order valence-electron chi connectivity index (χ3n) is 4.81. The highest BCUT2D eigenvalue weighted by Gasteiger charge is 2.28. The molecule has 0 aliphatic carbocycles. The molecular formula is C19H25N3O3S2. The van der Waals surface area contributed by atoms with Crippen molar-refractivity contribution in [2.75, 3.05) is 13.1 Å². The molecule has 8 heteroatoms. The Hall–Kier alpha value is -1.90. The van der Waals surface area contributed by atoms with Crippen LogP contribution in [0.4, 0.5) is 4.79 Å². The monoisotopic (exact) mass is 407 g/mol. The lowest BCUT2D eigenvalue weighted by Gasteiger charge is -2.25. The number of primary sulfonamides is 1. The van der Waals surface area contributed by atoms with E-state index in [-0.39, 0.29) is 16.3 Å². The van der Waals surface area contributed by atoms with Crippen LogP contribution in [0.5, 0.6) is 0 Å². The van der Waals surface area contributed by atoms with Gasteiger partial charge >= 0.3 is 6.03 Å². The van der Waals surface area contributed by atoms with Crippen LogP contribution in [0.25, 0.3) is 0 Å². The second kappa shape index (κ2) is 8.86. The molecule has 0 bridgehead atoms. The number of benzene rings is 1. The molecular weight excluding hydrogens is 382 g/mol. The van der Waals surface area contributed by atoms with Gasteiger partial charge in [-0.25, -0.2) is 18.4 Å². The van der Waals surface area contributed by atoms with Crippen molar-refractivity contribution in [3.63, 3.8) is 0 Å². The molecule has 1 aliphatic heterocycles. The Labute approximate surface area is 164 Å². The van der Waals surface area contributed by atoms with Gasteiger partial charge in [0.15, 0.2) is 0 Å². The van der Waals surface area contributed by atoms with Gasteiger partial charge in [-0.2, -0.15) is 0 Å². The van der Waals surface area contributed by atoms with Crippen LogP contribution in [0, 0.1) is 0 Å². The zero-order chi connectivity index (χ0) is 19.3. The van der Waals surface area contributed by atoms with Gasteiger partial charge in [-0.05, 0) is 49.8 Å². The summed E-state index contributed by atoms with van der Waals surface area (Å²) in [5.41, 5.74) is 1.30. The second-order valence-corrected chi connectivity index (χ2v) is 9.72. The largest absolute Gasteiger partial charge is 0.338 e. The Morgan fingerprint density at radius 3 is 2.67 bits per heavy atom. The van der Waals surface area contributed by atoms with E-state index in [0.717, 1.165) is 48.4 Å². The van der Waals surface area contributed by atoms with E-state index in [9.17, 15) is 13.2 Å². The van der Waals surface area contributed by atoms with Gasteiger partial charge in [0.25, 0.3) is 0 Å². The summed E-state index contributed by atoms with van der Waals surface area (Å²) in [4.78, 5) is 15.4. The fourth-order valence-electron chi connectivity index (χ4n) is 3.42. The highest BCUT2D eigenvalue weighted by molar-refractivity contribution is 7.91. The van der Waals surface area contributed by atoms with Gasteiger partial charge in [0.05, 0.1) is 0 Å². The van der Waals surface area contributed by atoms with Gasteiger partial charge in [0, 0.05) is 24.0 Å². The van der Waals surface area contributed by atoms with Crippen molar-refractivity contribution < 1.29 is 13.2 Å². The molecule has 3 N–H and O–H groups in total. The minimum Gasteiger partial charge on any atom is -0.338 e. The Balaban J connectivity index is 1.46. The lowest BCUT2D eigenvalue weighted by atomic mass is 10.0. The summed E-state index contributed by atoms with van der Waals surface area (Å²) in [6.07, 6.45) is 4.62. The molecule has 3 rings (SSSR count). The zero-order valence-corrected chi connectivity index (χ0v) is 16.8. The van der Waals surface area contributed by atoms with Crippen LogP contribution in [-0.4, -0.2) is 38.5 Å². The van der Waals surface area contributed by atoms with Crippen LogP contribution in [0.2, 0.25) is 0 Å². The maximum atomic E-state index is 12.5. The van der Waals surface area contributed by atoms with Crippen molar-refractivity contribution >= 4 is 27.4 Å². The summed E-state index contributed by atoms with van der Waals surface area (Å²) in [5, 5.41) is 8.08. The molecule has 27 heavy (non-hydrogen) atoms. The Morgan fingerprint density at radius 1 is 1.19 bits per heavy atom. The number of urea groups is 1. The van der Waals surface area contributed by atoms with Crippen molar-refractivity contribution in [1.82, 2.24) is 10.2 Å². The van der Waals surface area contributed by atoms with Gasteiger partial charge in [-0.3, -0.25) is 0 Å². The lowest BCUT2D eigenvalue weighted by molar-refractivity contribution is 0.190. The first kappa shape index (κ1) is 19.9. The number of hydrogen-bond acceptors (Lipinski definition) is 4. The number of carbonyl (C=O) groups is 1. The van der Waals surface area contributed by atoms with E-state index in [1.165, 1.54) is 11.6 Å². The van der Waals surface area contributed by atoms with Crippen molar-refractivity contribution in [1.29, 1.82) is 0 Å². The fraction of sp³-hybridized carbons (Fsp3) is 0.421. The molecule has 2 amide bonds. The van der Waals surface area contributed by atoms with Crippen molar-refractivity contribution in [2.45, 2.75) is 42.4 Å². The lowest BCUT2D eigenvalue weighted by Crippen LogP contribution is -2.43. The van der Waals surface area contributed by atoms with E-state index in [1.807, 2.05) is 23.1 Å². The summed E-state index contributed by atoms with van der Waals surface area (Å²) in [6, 6.07) is 13.8. The summed E-state index contributed by atoms with van der Waals surface area (Å²) in [6.45, 7) is 1.27. The highest BCUT2D eigenvalue weighted by atomic mass is 32.2. The van der Waals surface area contributed by atoms with Crippen LogP contribution < -0.4 is 10.5 Å². The Kier molecular flexibility index (Phi) is 6.51. The number of nitrogens with two attached hydrogens (primary N) is 1. The van der Waals surface area contributed by atoms with Crippen LogP contribution in [0.1, 0.15) is 29.7 Å². The molecule has 1 saturated heterocycles. The average Bonchev–Trinajstić information content (AvgIpc) is 3.30. The molecule has 1 fully saturated rings. The zero-order valence-electron chi connectivity index (χ0n) is 15.1. The molecule has 0 unspecified atom stereocenters. The number of thiophene rings is 1. The molecule has 0 spiro atoms. The van der Waals surface area contributed by atoms with E-state index in [2.05, 4.69) is 17.4 Å². The first-order valence-corrected chi connectivity index (χ1v) is 11.5. The topological polar surface area (TPSA) is 92.5 Å². The minimum atomic E-state index is -3.65. The maximum absolute atomic E-state index is 12.5. The van der Waals surface area contributed by atoms with Gasteiger partial charge < -0.3 is 10.2 Å². The smallest absolute Gasteiger partial charge is 0.317 e. The van der Waals surface area contributed by atoms with Crippen LogP contribution in [-0.2, 0) is 22.9 Å². The molecule has 1 aromatic carbocycles. The standard InChI is InChI=1S/C19H25N3O3S2/c20-27(24,25)18-11-10-17(26-18)12-13-21-19(23)22-14-4-7-16(22)9-8-15-5-2-1-3-6-15/h1-3,5-6,10-11,16H,4,7-9,12-14H2,(H,21,23)(H2,20,24,25)/t16-/m1/s1. The molecule has 0 radical (unpaired) electrons. The van der Waals surface area contributed by atoms with E-state index in [4.69, 9.17) is 5.14 Å². The fourth-order valence-corrected chi connectivity index (χ4v) is 5.20. The maximum Gasteiger partial charge on any atom is 0.317 e. The number of rotatable bonds is 7. The van der Waals surface area contributed by atoms with Gasteiger partial charge in [-0.15, -0.1) is 11.3 Å². The predicted molar refractivity (Wildman–Crippen MR) is 107 cm³/mol. The average molecular weight is 408 g/mol. The van der Waals surface area contributed by atoms with Crippen LogP contribution >= 0.6 is 11.3 Å². The molecule has 1 aliphatic rings. The molecule has 1 atom stereocenters. The van der Waals surface area contributed by atoms with Gasteiger partial charge in [0.1, 0.15) is 4.21 Å². The van der Waals surface area contributed by atoms with Gasteiger partial charge in [0.2, 0.25) is 10.0 Å². The third-order valence-corrected chi connectivity index (χ3v) is 7.40. The van der Waals surface area contributed by atoms with Gasteiger partial charge in [-0.1, -0.05) is 30.3 Å². The molecule has 6 nitrogen and oxygen atoms in total.